The summed E-state index contributed by atoms with van der Waals surface area (Å²) >= 11 is 0. The molecule has 0 aromatic rings. The maximum Gasteiger partial charge on any atom is 0.311 e. The van der Waals surface area contributed by atoms with Crippen LogP contribution in [0.3, 0.4) is 0 Å². The summed E-state index contributed by atoms with van der Waals surface area (Å²) in [5, 5.41) is 29.0. The Hall–Kier alpha value is -0.690. The number of rotatable bonds is 12. The molecule has 0 rings (SSSR count). The summed E-state index contributed by atoms with van der Waals surface area (Å²) < 4.78 is 5.21. The van der Waals surface area contributed by atoms with E-state index in [0.717, 1.165) is 25.7 Å². The van der Waals surface area contributed by atoms with Gasteiger partial charge in [0.1, 0.15) is 25.2 Å². The van der Waals surface area contributed by atoms with Crippen LogP contribution in [0.15, 0.2) is 0 Å². The lowest BCUT2D eigenvalue weighted by atomic mass is 9.87. The van der Waals surface area contributed by atoms with Gasteiger partial charge in [0.15, 0.2) is 0 Å². The minimum Gasteiger partial charge on any atom is -0.462 e. The van der Waals surface area contributed by atoms with Crippen molar-refractivity contribution in [1.82, 2.24) is 4.90 Å². The SMILES string of the molecule is CCCCCCC(C)(C)C(=O)OCC(O)CN(C(C)O)C(C)O. The van der Waals surface area contributed by atoms with E-state index in [4.69, 9.17) is 4.74 Å². The van der Waals surface area contributed by atoms with E-state index in [1.807, 2.05) is 13.8 Å². The van der Waals surface area contributed by atoms with Crippen molar-refractivity contribution >= 4 is 5.97 Å². The molecule has 0 saturated heterocycles. The molecule has 3 unspecified atom stereocenters. The van der Waals surface area contributed by atoms with E-state index in [-0.39, 0.29) is 19.1 Å². The van der Waals surface area contributed by atoms with Gasteiger partial charge >= 0.3 is 5.97 Å². The van der Waals surface area contributed by atoms with E-state index in [1.54, 1.807) is 0 Å². The van der Waals surface area contributed by atoms with Crippen molar-refractivity contribution in [3.05, 3.63) is 0 Å². The number of aliphatic hydroxyl groups is 3. The van der Waals surface area contributed by atoms with Crippen LogP contribution in [0.1, 0.15) is 66.7 Å². The molecule has 0 aliphatic rings. The minimum atomic E-state index is -0.959. The molecule has 0 aromatic heterocycles. The molecule has 0 heterocycles. The number of nitrogens with zero attached hydrogens (tertiary/aromatic N) is 1. The van der Waals surface area contributed by atoms with Gasteiger partial charge < -0.3 is 20.1 Å². The summed E-state index contributed by atoms with van der Waals surface area (Å²) in [7, 11) is 0. The van der Waals surface area contributed by atoms with E-state index >= 15 is 0 Å². The summed E-state index contributed by atoms with van der Waals surface area (Å²) in [5.41, 5.74) is -0.568. The van der Waals surface area contributed by atoms with E-state index < -0.39 is 24.0 Å². The third-order valence-electron chi connectivity index (χ3n) is 4.00. The Morgan fingerprint density at radius 3 is 2.13 bits per heavy atom. The molecule has 138 valence electrons. The Kier molecular flexibility index (Phi) is 10.6. The van der Waals surface area contributed by atoms with Gasteiger partial charge in [0.25, 0.3) is 0 Å². The lowest BCUT2D eigenvalue weighted by Crippen LogP contribution is -2.46. The fourth-order valence-electron chi connectivity index (χ4n) is 2.38. The molecule has 23 heavy (non-hydrogen) atoms. The normalized spacial score (nSPS) is 16.2. The molecule has 0 amide bonds. The van der Waals surface area contributed by atoms with E-state index in [9.17, 15) is 20.1 Å². The fraction of sp³-hybridized carbons (Fsp3) is 0.941. The molecule has 0 saturated carbocycles. The summed E-state index contributed by atoms with van der Waals surface area (Å²) in [4.78, 5) is 13.5. The Labute approximate surface area is 140 Å². The average Bonchev–Trinajstić information content (AvgIpc) is 2.45. The van der Waals surface area contributed by atoms with Crippen molar-refractivity contribution in [2.75, 3.05) is 13.2 Å². The maximum absolute atomic E-state index is 12.1. The number of hydrogen-bond acceptors (Lipinski definition) is 6. The molecule has 3 N–H and O–H groups in total. The van der Waals surface area contributed by atoms with E-state index in [0.29, 0.717) is 0 Å². The number of ether oxygens (including phenoxy) is 1. The number of hydrogen-bond donors (Lipinski definition) is 3. The molecule has 6 heteroatoms. The predicted molar refractivity (Wildman–Crippen MR) is 89.6 cm³/mol. The van der Waals surface area contributed by atoms with Crippen LogP contribution >= 0.6 is 0 Å². The molecular weight excluding hydrogens is 298 g/mol. The Morgan fingerprint density at radius 2 is 1.65 bits per heavy atom. The number of carbonyl (C=O) groups is 1. The van der Waals surface area contributed by atoms with Crippen molar-refractivity contribution in [2.45, 2.75) is 85.3 Å². The lowest BCUT2D eigenvalue weighted by Gasteiger charge is -2.30. The molecular formula is C17H35NO5. The Bertz CT molecular complexity index is 323. The van der Waals surface area contributed by atoms with E-state index in [1.165, 1.54) is 25.2 Å². The third-order valence-corrected chi connectivity index (χ3v) is 4.00. The van der Waals surface area contributed by atoms with Crippen molar-refractivity contribution in [1.29, 1.82) is 0 Å². The summed E-state index contributed by atoms with van der Waals surface area (Å²) in [6.45, 7) is 8.74. The second-order valence-corrected chi connectivity index (χ2v) is 6.91. The van der Waals surface area contributed by atoms with Gasteiger partial charge in [-0.1, -0.05) is 32.6 Å². The standard InChI is InChI=1S/C17H35NO5/c1-6-7-8-9-10-17(4,5)16(22)23-12-15(21)11-18(13(2)19)14(3)20/h13-15,19-21H,6-12H2,1-5H3. The second kappa shape index (κ2) is 11.0. The van der Waals surface area contributed by atoms with Gasteiger partial charge in [-0.05, 0) is 34.1 Å². The predicted octanol–water partition coefficient (Wildman–Crippen LogP) is 1.87. The van der Waals surface area contributed by atoms with Crippen LogP contribution in [0, 0.1) is 5.41 Å². The van der Waals surface area contributed by atoms with Crippen molar-refractivity contribution < 1.29 is 24.9 Å². The molecule has 0 bridgehead atoms. The van der Waals surface area contributed by atoms with Crippen LogP contribution in [0.4, 0.5) is 0 Å². The van der Waals surface area contributed by atoms with Crippen molar-refractivity contribution in [3.8, 4) is 0 Å². The Balaban J connectivity index is 4.24. The zero-order chi connectivity index (χ0) is 18.0. The molecule has 0 radical (unpaired) electrons. The van der Waals surface area contributed by atoms with Crippen LogP contribution in [0.2, 0.25) is 0 Å². The van der Waals surface area contributed by atoms with Gasteiger partial charge in [-0.2, -0.15) is 0 Å². The first kappa shape index (κ1) is 22.3. The largest absolute Gasteiger partial charge is 0.462 e. The van der Waals surface area contributed by atoms with Gasteiger partial charge in [0.05, 0.1) is 5.41 Å². The molecule has 6 nitrogen and oxygen atoms in total. The topological polar surface area (TPSA) is 90.2 Å². The maximum atomic E-state index is 12.1. The number of unbranched alkanes of at least 4 members (excludes halogenated alkanes) is 3. The van der Waals surface area contributed by atoms with Crippen LogP contribution in [-0.4, -0.2) is 57.9 Å². The average molecular weight is 333 g/mol. The highest BCUT2D eigenvalue weighted by atomic mass is 16.5. The number of aliphatic hydroxyl groups excluding tert-OH is 3. The van der Waals surface area contributed by atoms with Crippen LogP contribution in [-0.2, 0) is 9.53 Å². The summed E-state index contributed by atoms with van der Waals surface area (Å²) in [6, 6.07) is 0. The van der Waals surface area contributed by atoms with Gasteiger partial charge in [-0.25, -0.2) is 0 Å². The molecule has 0 spiro atoms. The van der Waals surface area contributed by atoms with Gasteiger partial charge in [0.2, 0.25) is 0 Å². The zero-order valence-electron chi connectivity index (χ0n) is 15.3. The molecule has 0 aromatic carbocycles. The first-order valence-electron chi connectivity index (χ1n) is 8.59. The lowest BCUT2D eigenvalue weighted by molar-refractivity contribution is -0.159. The molecule has 0 fully saturated rings. The van der Waals surface area contributed by atoms with Gasteiger partial charge in [-0.3, -0.25) is 9.69 Å². The Morgan fingerprint density at radius 1 is 1.09 bits per heavy atom. The zero-order valence-corrected chi connectivity index (χ0v) is 15.3. The first-order valence-corrected chi connectivity index (χ1v) is 8.59. The summed E-state index contributed by atoms with van der Waals surface area (Å²) in [6.07, 6.45) is 2.42. The quantitative estimate of drug-likeness (QED) is 0.287. The van der Waals surface area contributed by atoms with Gasteiger partial charge in [0, 0.05) is 6.54 Å². The van der Waals surface area contributed by atoms with Crippen molar-refractivity contribution in [2.24, 2.45) is 5.41 Å². The highest BCUT2D eigenvalue weighted by Crippen LogP contribution is 2.25. The third kappa shape index (κ3) is 9.25. The molecule has 0 aliphatic heterocycles. The number of carbonyl (C=O) groups excluding carboxylic acids is 1. The molecule has 3 atom stereocenters. The monoisotopic (exact) mass is 333 g/mol. The van der Waals surface area contributed by atoms with Gasteiger partial charge in [-0.15, -0.1) is 0 Å². The first-order chi connectivity index (χ1) is 10.6. The second-order valence-electron chi connectivity index (χ2n) is 6.91. The van der Waals surface area contributed by atoms with E-state index in [2.05, 4.69) is 6.92 Å². The molecule has 0 aliphatic carbocycles. The minimum absolute atomic E-state index is 0.0273. The smallest absolute Gasteiger partial charge is 0.311 e. The fourth-order valence-corrected chi connectivity index (χ4v) is 2.38. The van der Waals surface area contributed by atoms with Crippen LogP contribution in [0.5, 0.6) is 0 Å². The van der Waals surface area contributed by atoms with Crippen LogP contribution in [0.25, 0.3) is 0 Å². The number of esters is 1. The van der Waals surface area contributed by atoms with Crippen molar-refractivity contribution in [3.63, 3.8) is 0 Å². The summed E-state index contributed by atoms with van der Waals surface area (Å²) in [5.74, 6) is -0.325. The highest BCUT2D eigenvalue weighted by Gasteiger charge is 2.29. The highest BCUT2D eigenvalue weighted by molar-refractivity contribution is 5.75. The van der Waals surface area contributed by atoms with Crippen LogP contribution < -0.4 is 0 Å².